The van der Waals surface area contributed by atoms with E-state index < -0.39 is 0 Å². The molecule has 1 aliphatic rings. The molecule has 2 aromatic carbocycles. The van der Waals surface area contributed by atoms with Gasteiger partial charge in [0.05, 0.1) is 11.7 Å². The summed E-state index contributed by atoms with van der Waals surface area (Å²) in [6, 6.07) is 9.84. The van der Waals surface area contributed by atoms with E-state index in [-0.39, 0.29) is 6.04 Å². The first-order chi connectivity index (χ1) is 10.0. The van der Waals surface area contributed by atoms with Gasteiger partial charge < -0.3 is 10.4 Å². The minimum atomic E-state index is 0.205. The molecule has 0 heterocycles. The van der Waals surface area contributed by atoms with Gasteiger partial charge in [0.1, 0.15) is 5.75 Å². The van der Waals surface area contributed by atoms with Crippen molar-refractivity contribution in [1.29, 1.82) is 0 Å². The zero-order chi connectivity index (χ0) is 15.0. The highest BCUT2D eigenvalue weighted by atomic mass is 79.9. The molecule has 0 bridgehead atoms. The van der Waals surface area contributed by atoms with Crippen molar-refractivity contribution in [3.63, 3.8) is 0 Å². The number of halogens is 2. The second kappa shape index (κ2) is 5.90. The Morgan fingerprint density at radius 3 is 2.90 bits per heavy atom. The number of aryl methyl sites for hydroxylation is 2. The zero-order valence-electron chi connectivity index (χ0n) is 11.8. The van der Waals surface area contributed by atoms with Gasteiger partial charge in [0, 0.05) is 9.50 Å². The minimum Gasteiger partial charge on any atom is -0.508 e. The summed E-state index contributed by atoms with van der Waals surface area (Å²) in [5.74, 6) is 0.323. The molecule has 3 rings (SSSR count). The van der Waals surface area contributed by atoms with Crippen LogP contribution in [-0.2, 0) is 6.42 Å². The molecule has 110 valence electrons. The molecule has 0 fully saturated rings. The lowest BCUT2D eigenvalue weighted by Crippen LogP contribution is -2.17. The fourth-order valence-electron chi connectivity index (χ4n) is 2.88. The molecule has 0 amide bonds. The van der Waals surface area contributed by atoms with Gasteiger partial charge in [0.2, 0.25) is 0 Å². The van der Waals surface area contributed by atoms with Crippen LogP contribution in [0, 0.1) is 6.92 Å². The lowest BCUT2D eigenvalue weighted by Gasteiger charge is -2.28. The molecule has 21 heavy (non-hydrogen) atoms. The van der Waals surface area contributed by atoms with Crippen LogP contribution in [0.15, 0.2) is 34.8 Å². The van der Waals surface area contributed by atoms with Crippen LogP contribution < -0.4 is 5.32 Å². The Bertz CT molecular complexity index is 687. The maximum Gasteiger partial charge on any atom is 0.115 e. The maximum atomic E-state index is 9.75. The van der Waals surface area contributed by atoms with E-state index >= 15 is 0 Å². The Labute approximate surface area is 138 Å². The Kier molecular flexibility index (Phi) is 4.14. The highest BCUT2D eigenvalue weighted by molar-refractivity contribution is 9.10. The molecule has 0 saturated carbocycles. The standard InChI is InChI=1S/C17H17BrClNO/c1-10-7-14(18)17(9-15(10)19)20-16-4-2-3-11-5-6-12(21)8-13(11)16/h5-9,16,20-21H,2-4H2,1H3. The number of aromatic hydroxyl groups is 1. The third-order valence-corrected chi connectivity index (χ3v) is 5.09. The van der Waals surface area contributed by atoms with Crippen LogP contribution in [0.4, 0.5) is 5.69 Å². The van der Waals surface area contributed by atoms with Gasteiger partial charge in [0.25, 0.3) is 0 Å². The first kappa shape index (κ1) is 14.7. The van der Waals surface area contributed by atoms with Crippen LogP contribution in [0.25, 0.3) is 0 Å². The number of phenolic OH excluding ortho intramolecular Hbond substituents is 1. The summed E-state index contributed by atoms with van der Waals surface area (Å²) in [5, 5.41) is 14.1. The molecular formula is C17H17BrClNO. The number of anilines is 1. The molecule has 0 aliphatic heterocycles. The smallest absolute Gasteiger partial charge is 0.115 e. The van der Waals surface area contributed by atoms with Crippen molar-refractivity contribution in [3.05, 3.63) is 56.5 Å². The lowest BCUT2D eigenvalue weighted by molar-refractivity contribution is 0.471. The molecule has 1 unspecified atom stereocenters. The zero-order valence-corrected chi connectivity index (χ0v) is 14.1. The summed E-state index contributed by atoms with van der Waals surface area (Å²) in [6.45, 7) is 1.99. The van der Waals surface area contributed by atoms with Gasteiger partial charge in [-0.2, -0.15) is 0 Å². The minimum absolute atomic E-state index is 0.205. The van der Waals surface area contributed by atoms with Crippen molar-refractivity contribution in [1.82, 2.24) is 0 Å². The number of hydrogen-bond donors (Lipinski definition) is 2. The van der Waals surface area contributed by atoms with E-state index in [2.05, 4.69) is 21.2 Å². The van der Waals surface area contributed by atoms with Crippen LogP contribution in [0.1, 0.15) is 35.6 Å². The van der Waals surface area contributed by atoms with Gasteiger partial charge in [-0.25, -0.2) is 0 Å². The molecule has 0 radical (unpaired) electrons. The van der Waals surface area contributed by atoms with Crippen molar-refractivity contribution >= 4 is 33.2 Å². The van der Waals surface area contributed by atoms with Crippen LogP contribution in [0.2, 0.25) is 5.02 Å². The summed E-state index contributed by atoms with van der Waals surface area (Å²) in [5.41, 5.74) is 4.54. The third-order valence-electron chi connectivity index (χ3n) is 4.02. The van der Waals surface area contributed by atoms with Gasteiger partial charge in [-0.1, -0.05) is 17.7 Å². The Hall–Kier alpha value is -1.19. The summed E-state index contributed by atoms with van der Waals surface area (Å²) >= 11 is 9.82. The van der Waals surface area contributed by atoms with E-state index in [0.717, 1.165) is 40.0 Å². The third kappa shape index (κ3) is 3.04. The van der Waals surface area contributed by atoms with Gasteiger partial charge in [-0.05, 0) is 83.1 Å². The molecule has 2 N–H and O–H groups in total. The number of nitrogens with one attached hydrogen (secondary N) is 1. The summed E-state index contributed by atoms with van der Waals surface area (Å²) < 4.78 is 1.01. The van der Waals surface area contributed by atoms with Crippen molar-refractivity contribution in [2.75, 3.05) is 5.32 Å². The van der Waals surface area contributed by atoms with Gasteiger partial charge in [-0.3, -0.25) is 0 Å². The molecule has 1 atom stereocenters. The van der Waals surface area contributed by atoms with Crippen LogP contribution in [0.3, 0.4) is 0 Å². The fourth-order valence-corrected chi connectivity index (χ4v) is 3.62. The Morgan fingerprint density at radius 1 is 1.29 bits per heavy atom. The largest absolute Gasteiger partial charge is 0.508 e. The predicted molar refractivity (Wildman–Crippen MR) is 91.3 cm³/mol. The van der Waals surface area contributed by atoms with Gasteiger partial charge in [0.15, 0.2) is 0 Å². The van der Waals surface area contributed by atoms with E-state index in [1.165, 1.54) is 11.1 Å². The predicted octanol–water partition coefficient (Wildman–Crippen LogP) is 5.61. The monoisotopic (exact) mass is 365 g/mol. The number of hydrogen-bond acceptors (Lipinski definition) is 2. The Morgan fingerprint density at radius 2 is 2.10 bits per heavy atom. The van der Waals surface area contributed by atoms with E-state index in [9.17, 15) is 5.11 Å². The van der Waals surface area contributed by atoms with Crippen molar-refractivity contribution in [2.45, 2.75) is 32.2 Å². The highest BCUT2D eigenvalue weighted by Crippen LogP contribution is 2.37. The van der Waals surface area contributed by atoms with E-state index in [4.69, 9.17) is 11.6 Å². The first-order valence-corrected chi connectivity index (χ1v) is 8.25. The first-order valence-electron chi connectivity index (χ1n) is 7.08. The van der Waals surface area contributed by atoms with E-state index in [1.54, 1.807) is 6.07 Å². The normalized spacial score (nSPS) is 17.4. The quantitative estimate of drug-likeness (QED) is 0.724. The second-order valence-electron chi connectivity index (χ2n) is 5.55. The molecule has 2 aromatic rings. The summed E-state index contributed by atoms with van der Waals surface area (Å²) in [4.78, 5) is 0. The molecule has 0 spiro atoms. The summed E-state index contributed by atoms with van der Waals surface area (Å²) in [6.07, 6.45) is 3.27. The molecule has 0 saturated heterocycles. The SMILES string of the molecule is Cc1cc(Br)c(NC2CCCc3ccc(O)cc32)cc1Cl. The second-order valence-corrected chi connectivity index (χ2v) is 6.82. The van der Waals surface area contributed by atoms with Crippen LogP contribution >= 0.6 is 27.5 Å². The van der Waals surface area contributed by atoms with E-state index in [0.29, 0.717) is 5.75 Å². The van der Waals surface area contributed by atoms with Crippen LogP contribution in [0.5, 0.6) is 5.75 Å². The summed E-state index contributed by atoms with van der Waals surface area (Å²) in [7, 11) is 0. The van der Waals surface area contributed by atoms with Crippen LogP contribution in [-0.4, -0.2) is 5.11 Å². The van der Waals surface area contributed by atoms with Crippen molar-refractivity contribution < 1.29 is 5.11 Å². The molecule has 0 aromatic heterocycles. The van der Waals surface area contributed by atoms with Gasteiger partial charge >= 0.3 is 0 Å². The molecule has 2 nitrogen and oxygen atoms in total. The van der Waals surface area contributed by atoms with Crippen molar-refractivity contribution in [2.24, 2.45) is 0 Å². The molecule has 4 heteroatoms. The molecular weight excluding hydrogens is 350 g/mol. The van der Waals surface area contributed by atoms with E-state index in [1.807, 2.05) is 31.2 Å². The topological polar surface area (TPSA) is 32.3 Å². The average Bonchev–Trinajstić information content (AvgIpc) is 2.45. The van der Waals surface area contributed by atoms with Gasteiger partial charge in [-0.15, -0.1) is 0 Å². The maximum absolute atomic E-state index is 9.75. The average molecular weight is 367 g/mol. The molecule has 1 aliphatic carbocycles. The number of phenols is 1. The van der Waals surface area contributed by atoms with Crippen molar-refractivity contribution in [3.8, 4) is 5.75 Å². The Balaban J connectivity index is 1.93. The number of rotatable bonds is 2. The fraction of sp³-hybridized carbons (Fsp3) is 0.294. The highest BCUT2D eigenvalue weighted by Gasteiger charge is 2.21. The lowest BCUT2D eigenvalue weighted by atomic mass is 9.87. The number of benzene rings is 2. The number of fused-ring (bicyclic) bond motifs is 1.